The second kappa shape index (κ2) is 32.2. The van der Waals surface area contributed by atoms with Crippen molar-refractivity contribution in [2.24, 2.45) is 0 Å². The molecular weight excluding hydrogens is 1410 g/mol. The van der Waals surface area contributed by atoms with Crippen molar-refractivity contribution in [1.29, 1.82) is 0 Å². The SMILES string of the molecule is CC(C)(C)c1ccc(Oc2ccc(C(=O)c3cc(Oc4ccc(C(=O)c5cc(O)cc(C(=O)c6ccc(Oc7cc(C(=O)c8ccc(Oc9ccc(C(C)(C)C)cc9)cc8)cc(C(=O)c8ccc(Oc9ccc(C(C)(C)C)cc9)cc8)c7)cc6)c5)cc4)cc(C(=O)c4ccc(Oc5ccc(C(C)(C)C)cc5)cc4)c3)cc2)cc1. The Balaban J connectivity index is 0.710. The highest BCUT2D eigenvalue weighted by molar-refractivity contribution is 6.16. The van der Waals surface area contributed by atoms with Gasteiger partial charge >= 0.3 is 0 Å². The highest BCUT2D eigenvalue weighted by atomic mass is 16.5. The van der Waals surface area contributed by atoms with Crippen LogP contribution in [0.5, 0.6) is 74.7 Å². The molecule has 0 heterocycles. The van der Waals surface area contributed by atoms with Gasteiger partial charge in [0.25, 0.3) is 0 Å². The van der Waals surface area contributed by atoms with E-state index in [-0.39, 0.29) is 118 Å². The lowest BCUT2D eigenvalue weighted by atomic mass is 9.87. The highest BCUT2D eigenvalue weighted by Gasteiger charge is 2.25. The van der Waals surface area contributed by atoms with Crippen molar-refractivity contribution in [3.63, 3.8) is 0 Å². The summed E-state index contributed by atoms with van der Waals surface area (Å²) in [6, 6.07) is 84.0. The molecule has 13 heteroatoms. The van der Waals surface area contributed by atoms with E-state index in [4.69, 9.17) is 28.4 Å². The van der Waals surface area contributed by atoms with Crippen LogP contribution in [-0.2, 0) is 21.7 Å². The topological polar surface area (TPSA) is 178 Å². The third-order valence-corrected chi connectivity index (χ3v) is 19.3. The van der Waals surface area contributed by atoms with Gasteiger partial charge in [-0.15, -0.1) is 0 Å². The minimum Gasteiger partial charge on any atom is -0.508 e. The van der Waals surface area contributed by atoms with Crippen molar-refractivity contribution in [2.45, 2.75) is 105 Å². The molecule has 113 heavy (non-hydrogen) atoms. The lowest BCUT2D eigenvalue weighted by Crippen LogP contribution is -2.10. The summed E-state index contributed by atoms with van der Waals surface area (Å²) in [6.07, 6.45) is 0. The van der Waals surface area contributed by atoms with E-state index in [9.17, 15) is 33.9 Å². The van der Waals surface area contributed by atoms with Gasteiger partial charge in [-0.25, -0.2) is 0 Å². The van der Waals surface area contributed by atoms with Crippen LogP contribution in [-0.4, -0.2) is 39.8 Å². The number of carbonyl (C=O) groups excluding carboxylic acids is 6. The number of hydrogen-bond acceptors (Lipinski definition) is 13. The van der Waals surface area contributed by atoms with Gasteiger partial charge in [0.2, 0.25) is 0 Å². The summed E-state index contributed by atoms with van der Waals surface area (Å²) in [5.41, 5.74) is 7.04. The van der Waals surface area contributed by atoms with Gasteiger partial charge in [-0.3, -0.25) is 28.8 Å². The fraction of sp³-hybridized carbons (Fsp3) is 0.160. The molecular formula is C100H86O13. The zero-order valence-corrected chi connectivity index (χ0v) is 65.1. The Hall–Kier alpha value is -13.5. The second-order valence-electron chi connectivity index (χ2n) is 32.1. The third-order valence-electron chi connectivity index (χ3n) is 19.3. The van der Waals surface area contributed by atoms with E-state index in [1.807, 2.05) is 97.1 Å². The molecule has 0 saturated heterocycles. The number of ketones is 6. The van der Waals surface area contributed by atoms with Gasteiger partial charge in [-0.2, -0.15) is 0 Å². The largest absolute Gasteiger partial charge is 0.508 e. The molecule has 13 aromatic carbocycles. The molecule has 0 aliphatic rings. The van der Waals surface area contributed by atoms with Crippen LogP contribution in [0.2, 0.25) is 0 Å². The lowest BCUT2D eigenvalue weighted by Gasteiger charge is -2.19. The molecule has 13 nitrogen and oxygen atoms in total. The van der Waals surface area contributed by atoms with Crippen molar-refractivity contribution in [1.82, 2.24) is 0 Å². The molecule has 564 valence electrons. The lowest BCUT2D eigenvalue weighted by molar-refractivity contribution is 0.102. The predicted octanol–water partition coefficient (Wildman–Crippen LogP) is 24.7. The van der Waals surface area contributed by atoms with Crippen molar-refractivity contribution < 1.29 is 62.3 Å². The maximum absolute atomic E-state index is 14.5. The minimum absolute atomic E-state index is 0.0252. The number of hydrogen-bond donors (Lipinski definition) is 1. The Morgan fingerprint density at radius 3 is 0.460 bits per heavy atom. The maximum atomic E-state index is 14.5. The Labute approximate surface area is 659 Å². The smallest absolute Gasteiger partial charge is 0.193 e. The molecule has 0 aromatic heterocycles. The molecule has 0 aliphatic heterocycles. The van der Waals surface area contributed by atoms with E-state index < -0.39 is 11.6 Å². The van der Waals surface area contributed by atoms with Gasteiger partial charge in [0.1, 0.15) is 74.7 Å². The van der Waals surface area contributed by atoms with E-state index >= 15 is 0 Å². The number of benzene rings is 13. The Kier molecular flexibility index (Phi) is 22.1. The molecule has 13 rings (SSSR count). The van der Waals surface area contributed by atoms with Gasteiger partial charge in [-0.1, -0.05) is 132 Å². The fourth-order valence-corrected chi connectivity index (χ4v) is 12.7. The quantitative estimate of drug-likeness (QED) is 0.0566. The summed E-state index contributed by atoms with van der Waals surface area (Å²) < 4.78 is 37.3. The van der Waals surface area contributed by atoms with Crippen LogP contribution in [0.4, 0.5) is 0 Å². The zero-order valence-electron chi connectivity index (χ0n) is 65.1. The number of rotatable bonds is 24. The second-order valence-corrected chi connectivity index (χ2v) is 32.1. The van der Waals surface area contributed by atoms with Crippen LogP contribution in [0.15, 0.2) is 297 Å². The van der Waals surface area contributed by atoms with Crippen molar-refractivity contribution in [3.05, 3.63) is 386 Å². The number of phenolic OH excluding ortho intramolecular Hbond substituents is 1. The van der Waals surface area contributed by atoms with E-state index in [0.29, 0.717) is 68.2 Å². The first-order valence-corrected chi connectivity index (χ1v) is 37.3. The van der Waals surface area contributed by atoms with E-state index in [0.717, 1.165) is 22.3 Å². The third kappa shape index (κ3) is 19.2. The molecule has 0 spiro atoms. The molecule has 0 saturated carbocycles. The average molecular weight is 1500 g/mol. The summed E-state index contributed by atoms with van der Waals surface area (Å²) in [4.78, 5) is 86.5. The van der Waals surface area contributed by atoms with Gasteiger partial charge in [0.05, 0.1) is 0 Å². The fourth-order valence-electron chi connectivity index (χ4n) is 12.7. The molecule has 0 atom stereocenters. The van der Waals surface area contributed by atoms with Crippen molar-refractivity contribution in [3.8, 4) is 74.7 Å². The van der Waals surface area contributed by atoms with Gasteiger partial charge in [0.15, 0.2) is 34.7 Å². The van der Waals surface area contributed by atoms with Crippen LogP contribution in [0, 0.1) is 0 Å². The number of aromatic hydroxyl groups is 1. The molecule has 13 aromatic rings. The molecule has 0 unspecified atom stereocenters. The van der Waals surface area contributed by atoms with Gasteiger partial charge in [0, 0.05) is 66.8 Å². The van der Waals surface area contributed by atoms with E-state index in [1.165, 1.54) is 54.6 Å². The zero-order chi connectivity index (χ0) is 80.1. The summed E-state index contributed by atoms with van der Waals surface area (Å²) in [7, 11) is 0. The van der Waals surface area contributed by atoms with Crippen LogP contribution >= 0.6 is 0 Å². The summed E-state index contributed by atoms with van der Waals surface area (Å²) >= 11 is 0. The number of carbonyl (C=O) groups is 6. The van der Waals surface area contributed by atoms with E-state index in [1.54, 1.807) is 146 Å². The summed E-state index contributed by atoms with van der Waals surface area (Å²) in [5, 5.41) is 11.1. The van der Waals surface area contributed by atoms with Crippen molar-refractivity contribution >= 4 is 34.7 Å². The maximum Gasteiger partial charge on any atom is 0.193 e. The van der Waals surface area contributed by atoms with Crippen LogP contribution in [0.1, 0.15) is 201 Å². The predicted molar refractivity (Wildman–Crippen MR) is 441 cm³/mol. The molecule has 0 bridgehead atoms. The normalized spacial score (nSPS) is 11.6. The Morgan fingerprint density at radius 1 is 0.177 bits per heavy atom. The van der Waals surface area contributed by atoms with Gasteiger partial charge in [-0.05, 0) is 293 Å². The van der Waals surface area contributed by atoms with Crippen LogP contribution < -0.4 is 28.4 Å². The van der Waals surface area contributed by atoms with Gasteiger partial charge < -0.3 is 33.5 Å². The summed E-state index contributed by atoms with van der Waals surface area (Å²) in [6.45, 7) is 25.7. The van der Waals surface area contributed by atoms with Crippen molar-refractivity contribution in [2.75, 3.05) is 0 Å². The van der Waals surface area contributed by atoms with E-state index in [2.05, 4.69) is 83.1 Å². The van der Waals surface area contributed by atoms with Crippen LogP contribution in [0.3, 0.4) is 0 Å². The Morgan fingerprint density at radius 2 is 0.310 bits per heavy atom. The average Bonchev–Trinajstić information content (AvgIpc) is 0.763. The number of ether oxygens (including phenoxy) is 6. The molecule has 0 aliphatic carbocycles. The highest BCUT2D eigenvalue weighted by Crippen LogP contribution is 2.37. The first kappa shape index (κ1) is 77.6. The van der Waals surface area contributed by atoms with Crippen LogP contribution in [0.25, 0.3) is 0 Å². The summed E-state index contributed by atoms with van der Waals surface area (Å²) in [5.74, 6) is 2.68. The molecule has 0 amide bonds. The molecule has 0 radical (unpaired) electrons. The first-order chi connectivity index (χ1) is 53.8. The Bertz CT molecular complexity index is 5060. The minimum atomic E-state index is -0.512. The molecule has 0 fully saturated rings. The monoisotopic (exact) mass is 1490 g/mol. The molecule has 1 N–H and O–H groups in total. The standard InChI is InChI=1S/C100H86O13/c1-97(2,3)74-25-45-85(46-26-74)108-79-33-13-64(14-34-79)93(104)70-54-71(94(105)65-15-35-80(36-16-65)109-86-47-27-75(28-48-86)98(4,5)6)59-89(58-70)112-83-41-21-62(22-42-83)91(102)68-53-69(57-78(101)56-68)92(103)63-23-43-84(44-24-63)113-90-60-72(95(106)66-17-37-81(38-18-66)110-87-49-29-76(30-50-87)99(7,8)9)55-73(61-90)96(107)67-19-39-82(40-20-67)111-88-51-31-77(32-52-88)100(10,11)12/h13-61,101H,1-12H3. The number of phenols is 1. The first-order valence-electron chi connectivity index (χ1n) is 37.3.